The minimum absolute atomic E-state index is 0. The van der Waals surface area contributed by atoms with Crippen molar-refractivity contribution in [2.75, 3.05) is 26.2 Å². The number of halogens is 4. The van der Waals surface area contributed by atoms with Crippen molar-refractivity contribution in [3.8, 4) is 0 Å². The first-order valence-electron chi connectivity index (χ1n) is 8.32. The molecule has 1 aromatic carbocycles. The molecule has 27 heavy (non-hydrogen) atoms. The zero-order valence-electron chi connectivity index (χ0n) is 14.8. The smallest absolute Gasteiger partial charge is 0.337 e. The number of alkyl halides is 3. The highest BCUT2D eigenvalue weighted by atomic mass is 35.5. The first kappa shape index (κ1) is 23.7. The van der Waals surface area contributed by atoms with Gasteiger partial charge in [0.25, 0.3) is 0 Å². The minimum atomic E-state index is -4.64. The number of nitrogens with zero attached hydrogens (tertiary/aromatic N) is 1. The summed E-state index contributed by atoms with van der Waals surface area (Å²) in [7, 11) is -4.22. The van der Waals surface area contributed by atoms with Crippen LogP contribution in [0.1, 0.15) is 25.3 Å². The molecule has 0 saturated carbocycles. The molecule has 1 fully saturated rings. The fraction of sp³-hybridized carbons (Fsp3) is 0.562. The first-order valence-corrected chi connectivity index (χ1v) is 9.80. The normalized spacial score (nSPS) is 17.4. The number of hydrogen-bond donors (Lipinski definition) is 2. The molecule has 1 aliphatic heterocycles. The maximum absolute atomic E-state index is 12.8. The summed E-state index contributed by atoms with van der Waals surface area (Å²) in [4.78, 5) is 13.5. The van der Waals surface area contributed by atoms with E-state index in [4.69, 9.17) is 0 Å². The van der Waals surface area contributed by atoms with E-state index in [0.717, 1.165) is 37.6 Å². The molecule has 1 atom stereocenters. The van der Waals surface area contributed by atoms with Crippen LogP contribution in [0.15, 0.2) is 29.2 Å². The molecule has 6 nitrogen and oxygen atoms in total. The third-order valence-electron chi connectivity index (χ3n) is 4.15. The van der Waals surface area contributed by atoms with Crippen LogP contribution in [0.5, 0.6) is 0 Å². The lowest BCUT2D eigenvalue weighted by molar-refractivity contribution is -0.137. The van der Waals surface area contributed by atoms with Crippen molar-refractivity contribution in [3.63, 3.8) is 0 Å². The summed E-state index contributed by atoms with van der Waals surface area (Å²) in [6.07, 6.45) is -3.14. The van der Waals surface area contributed by atoms with Crippen LogP contribution in [0.2, 0.25) is 0 Å². The van der Waals surface area contributed by atoms with E-state index in [0.29, 0.717) is 19.2 Å². The average molecular weight is 430 g/mol. The summed E-state index contributed by atoms with van der Waals surface area (Å²) >= 11 is 0. The van der Waals surface area contributed by atoms with Gasteiger partial charge in [-0.2, -0.15) is 13.2 Å². The van der Waals surface area contributed by atoms with E-state index >= 15 is 0 Å². The number of nitrogens with one attached hydrogen (secondary N) is 2. The Balaban J connectivity index is 0.00000364. The van der Waals surface area contributed by atoms with Gasteiger partial charge in [0.15, 0.2) is 0 Å². The highest BCUT2D eigenvalue weighted by Crippen LogP contribution is 2.30. The summed E-state index contributed by atoms with van der Waals surface area (Å²) in [6, 6.07) is 3.43. The van der Waals surface area contributed by atoms with Crippen LogP contribution in [0.25, 0.3) is 0 Å². The molecule has 1 heterocycles. The molecule has 0 radical (unpaired) electrons. The predicted octanol–water partition coefficient (Wildman–Crippen LogP) is 2.01. The lowest BCUT2D eigenvalue weighted by Crippen LogP contribution is -2.46. The molecule has 0 bridgehead atoms. The van der Waals surface area contributed by atoms with E-state index in [-0.39, 0.29) is 18.4 Å². The average Bonchev–Trinajstić information content (AvgIpc) is 3.11. The maximum Gasteiger partial charge on any atom is 0.416 e. The van der Waals surface area contributed by atoms with Crippen LogP contribution < -0.4 is 10.0 Å². The second-order valence-corrected chi connectivity index (χ2v) is 7.85. The second kappa shape index (κ2) is 9.72. The Kier molecular flexibility index (Phi) is 8.52. The summed E-state index contributed by atoms with van der Waals surface area (Å²) in [5.41, 5.74) is -1.06. The number of benzene rings is 1. The lowest BCUT2D eigenvalue weighted by Gasteiger charge is -2.28. The van der Waals surface area contributed by atoms with Crippen LogP contribution >= 0.6 is 12.4 Å². The number of sulfonamides is 1. The van der Waals surface area contributed by atoms with Crippen LogP contribution in [-0.2, 0) is 21.0 Å². The fourth-order valence-electron chi connectivity index (χ4n) is 2.84. The molecule has 1 aromatic rings. The second-order valence-electron chi connectivity index (χ2n) is 6.08. The van der Waals surface area contributed by atoms with Gasteiger partial charge in [0, 0.05) is 19.1 Å². The Morgan fingerprint density at radius 1 is 1.37 bits per heavy atom. The number of carbonyl (C=O) groups excluding carboxylic acids is 1. The first-order chi connectivity index (χ1) is 12.1. The Morgan fingerprint density at radius 3 is 2.63 bits per heavy atom. The molecule has 0 aliphatic carbocycles. The van der Waals surface area contributed by atoms with Gasteiger partial charge < -0.3 is 10.2 Å². The van der Waals surface area contributed by atoms with Crippen LogP contribution in [0, 0.1) is 0 Å². The van der Waals surface area contributed by atoms with Crippen LogP contribution in [0.4, 0.5) is 13.2 Å². The van der Waals surface area contributed by atoms with Crippen LogP contribution in [0.3, 0.4) is 0 Å². The van der Waals surface area contributed by atoms with E-state index in [2.05, 4.69) is 10.0 Å². The number of rotatable bonds is 7. The van der Waals surface area contributed by atoms with Crippen LogP contribution in [-0.4, -0.2) is 51.4 Å². The van der Waals surface area contributed by atoms with Gasteiger partial charge >= 0.3 is 6.18 Å². The highest BCUT2D eigenvalue weighted by molar-refractivity contribution is 7.89. The van der Waals surface area contributed by atoms with E-state index in [1.165, 1.54) is 0 Å². The monoisotopic (exact) mass is 429 g/mol. The molecule has 1 saturated heterocycles. The molecule has 0 spiro atoms. The van der Waals surface area contributed by atoms with Gasteiger partial charge in [0.1, 0.15) is 0 Å². The Morgan fingerprint density at radius 2 is 2.07 bits per heavy atom. The summed E-state index contributed by atoms with van der Waals surface area (Å²) in [5, 5.41) is 3.15. The standard InChI is InChI=1S/C16H22F3N3O3S.ClH/c1-2-8-22(13-6-7-20-10-13)15(23)11-21-26(24,25)14-5-3-4-12(9-14)16(17,18)19;/h3-5,9,13,20-21H,2,6-8,10-11H2,1H3;1H. The van der Waals surface area contributed by atoms with Gasteiger partial charge in [0.2, 0.25) is 15.9 Å². The molecule has 154 valence electrons. The van der Waals surface area contributed by atoms with Crippen molar-refractivity contribution in [1.82, 2.24) is 14.9 Å². The van der Waals surface area contributed by atoms with E-state index in [1.807, 2.05) is 6.92 Å². The maximum atomic E-state index is 12.8. The van der Waals surface area contributed by atoms with Crippen molar-refractivity contribution in [2.24, 2.45) is 0 Å². The van der Waals surface area contributed by atoms with Gasteiger partial charge in [-0.25, -0.2) is 13.1 Å². The summed E-state index contributed by atoms with van der Waals surface area (Å²) in [5.74, 6) is -0.392. The Hall–Kier alpha value is -1.36. The number of hydrogen-bond acceptors (Lipinski definition) is 4. The zero-order valence-corrected chi connectivity index (χ0v) is 16.4. The molecule has 1 aliphatic rings. The zero-order chi connectivity index (χ0) is 19.4. The summed E-state index contributed by atoms with van der Waals surface area (Å²) in [6.45, 7) is 3.35. The fourth-order valence-corrected chi connectivity index (χ4v) is 3.86. The lowest BCUT2D eigenvalue weighted by atomic mass is 10.2. The molecule has 2 N–H and O–H groups in total. The summed E-state index contributed by atoms with van der Waals surface area (Å²) < 4.78 is 64.9. The van der Waals surface area contributed by atoms with Gasteiger partial charge in [0.05, 0.1) is 17.0 Å². The van der Waals surface area contributed by atoms with Crippen molar-refractivity contribution < 1.29 is 26.4 Å². The predicted molar refractivity (Wildman–Crippen MR) is 97.2 cm³/mol. The quantitative estimate of drug-likeness (QED) is 0.695. The largest absolute Gasteiger partial charge is 0.416 e. The third-order valence-corrected chi connectivity index (χ3v) is 5.54. The SMILES string of the molecule is CCCN(C(=O)CNS(=O)(=O)c1cccc(C(F)(F)F)c1)C1CCNC1.Cl. The van der Waals surface area contributed by atoms with E-state index in [1.54, 1.807) is 4.90 Å². The van der Waals surface area contributed by atoms with E-state index < -0.39 is 39.1 Å². The van der Waals surface area contributed by atoms with Gasteiger partial charge in [-0.15, -0.1) is 12.4 Å². The topological polar surface area (TPSA) is 78.5 Å². The molecule has 0 aromatic heterocycles. The third kappa shape index (κ3) is 6.34. The number of carbonyl (C=O) groups is 1. The Bertz CT molecular complexity index is 738. The molecule has 1 unspecified atom stereocenters. The molecular formula is C16H23ClF3N3O3S. The van der Waals surface area contributed by atoms with Gasteiger partial charge in [-0.05, 0) is 37.6 Å². The molecule has 1 amide bonds. The van der Waals surface area contributed by atoms with Crippen molar-refractivity contribution in [2.45, 2.75) is 36.9 Å². The Labute approximate surface area is 163 Å². The van der Waals surface area contributed by atoms with Crippen molar-refractivity contribution in [3.05, 3.63) is 29.8 Å². The molecular weight excluding hydrogens is 407 g/mol. The van der Waals surface area contributed by atoms with Crippen molar-refractivity contribution in [1.29, 1.82) is 0 Å². The van der Waals surface area contributed by atoms with Gasteiger partial charge in [-0.1, -0.05) is 13.0 Å². The molecule has 11 heteroatoms. The molecule has 2 rings (SSSR count). The van der Waals surface area contributed by atoms with Gasteiger partial charge in [-0.3, -0.25) is 4.79 Å². The highest BCUT2D eigenvalue weighted by Gasteiger charge is 2.32. The van der Waals surface area contributed by atoms with E-state index in [9.17, 15) is 26.4 Å². The minimum Gasteiger partial charge on any atom is -0.337 e. The number of amides is 1. The van der Waals surface area contributed by atoms with Crippen molar-refractivity contribution >= 4 is 28.3 Å².